The van der Waals surface area contributed by atoms with Gasteiger partial charge in [-0.2, -0.15) is 0 Å². The highest BCUT2D eigenvalue weighted by Gasteiger charge is 2.43. The molecule has 0 unspecified atom stereocenters. The van der Waals surface area contributed by atoms with E-state index in [1.165, 1.54) is 6.07 Å². The van der Waals surface area contributed by atoms with E-state index >= 15 is 4.39 Å². The molecule has 3 rings (SSSR count). The van der Waals surface area contributed by atoms with Crippen molar-refractivity contribution in [3.05, 3.63) is 34.6 Å². The van der Waals surface area contributed by atoms with E-state index in [4.69, 9.17) is 16.3 Å². The minimum atomic E-state index is -1.44. The molecule has 0 bridgehead atoms. The molecular weight excluding hydrogens is 509 g/mol. The van der Waals surface area contributed by atoms with Gasteiger partial charge in [-0.25, -0.2) is 9.18 Å². The molecule has 7 nitrogen and oxygen atoms in total. The molecule has 1 aromatic rings. The number of nitrogens with zero attached hydrogens (tertiary/aromatic N) is 1. The summed E-state index contributed by atoms with van der Waals surface area (Å²) in [5, 5.41) is 28.7. The maximum absolute atomic E-state index is 15.2. The molecule has 9 heteroatoms. The highest BCUT2D eigenvalue weighted by atomic mass is 35.5. The van der Waals surface area contributed by atoms with Gasteiger partial charge in [-0.3, -0.25) is 0 Å². The Morgan fingerprint density at radius 2 is 2.05 bits per heavy atom. The van der Waals surface area contributed by atoms with Gasteiger partial charge in [-0.1, -0.05) is 23.7 Å². The molecule has 1 aliphatic carbocycles. The maximum Gasteiger partial charge on any atom is 0.317 e. The molecule has 1 saturated carbocycles. The summed E-state index contributed by atoms with van der Waals surface area (Å²) >= 11 is 6.10. The monoisotopic (exact) mass is 555 g/mol. The number of urea groups is 1. The van der Waals surface area contributed by atoms with E-state index in [1.54, 1.807) is 24.1 Å². The quantitative estimate of drug-likeness (QED) is 0.277. The van der Waals surface area contributed by atoms with E-state index in [2.05, 4.69) is 10.6 Å². The Kier molecular flexibility index (Phi) is 11.7. The van der Waals surface area contributed by atoms with E-state index < -0.39 is 17.0 Å². The SMILES string of the molecule is CNC[C@H](C[C@H]1CC[C@@](C)(O)CC1)NC(=O)N1CCC[C@@H]([C@@](O)(CCCCOC)c2cccc(Cl)c2F)C1. The molecule has 1 saturated heterocycles. The summed E-state index contributed by atoms with van der Waals surface area (Å²) in [5.74, 6) is -0.447. The number of nitrogens with one attached hydrogen (secondary N) is 2. The van der Waals surface area contributed by atoms with Crippen molar-refractivity contribution in [1.29, 1.82) is 0 Å². The predicted octanol–water partition coefficient (Wildman–Crippen LogP) is 4.82. The predicted molar refractivity (Wildman–Crippen MR) is 149 cm³/mol. The van der Waals surface area contributed by atoms with Crippen LogP contribution in [0.3, 0.4) is 0 Å². The van der Waals surface area contributed by atoms with Crippen molar-refractivity contribution in [3.63, 3.8) is 0 Å². The van der Waals surface area contributed by atoms with Gasteiger partial charge in [0.15, 0.2) is 0 Å². The lowest BCUT2D eigenvalue weighted by atomic mass is 9.74. The van der Waals surface area contributed by atoms with Crippen LogP contribution < -0.4 is 10.6 Å². The van der Waals surface area contributed by atoms with E-state index in [0.29, 0.717) is 51.4 Å². The number of amides is 2. The fourth-order valence-corrected chi connectivity index (χ4v) is 6.41. The van der Waals surface area contributed by atoms with Crippen molar-refractivity contribution in [2.24, 2.45) is 11.8 Å². The van der Waals surface area contributed by atoms with Gasteiger partial charge in [0.05, 0.1) is 16.2 Å². The normalized spacial score (nSPS) is 26.6. The molecule has 2 amide bonds. The highest BCUT2D eigenvalue weighted by Crippen LogP contribution is 2.42. The number of ether oxygens (including phenoxy) is 1. The van der Waals surface area contributed by atoms with Crippen LogP contribution in [0.25, 0.3) is 0 Å². The summed E-state index contributed by atoms with van der Waals surface area (Å²) < 4.78 is 20.3. The van der Waals surface area contributed by atoms with Crippen LogP contribution in [0.1, 0.15) is 76.7 Å². The number of carbonyl (C=O) groups excluding carboxylic acids is 1. The van der Waals surface area contributed by atoms with Crippen LogP contribution in [-0.2, 0) is 10.3 Å². The van der Waals surface area contributed by atoms with Gasteiger partial charge in [-0.05, 0) is 90.2 Å². The Bertz CT molecular complexity index is 895. The molecule has 2 aliphatic rings. The molecule has 4 N–H and O–H groups in total. The van der Waals surface area contributed by atoms with Crippen LogP contribution in [0.4, 0.5) is 9.18 Å². The molecule has 2 fully saturated rings. The lowest BCUT2D eigenvalue weighted by Gasteiger charge is -2.43. The summed E-state index contributed by atoms with van der Waals surface area (Å²) in [6, 6.07) is 4.59. The Morgan fingerprint density at radius 3 is 2.74 bits per heavy atom. The van der Waals surface area contributed by atoms with Gasteiger partial charge >= 0.3 is 6.03 Å². The summed E-state index contributed by atoms with van der Waals surface area (Å²) in [5.41, 5.74) is -1.81. The van der Waals surface area contributed by atoms with E-state index in [0.717, 1.165) is 44.9 Å². The van der Waals surface area contributed by atoms with Crippen LogP contribution in [0.2, 0.25) is 5.02 Å². The first kappa shape index (κ1) is 31.1. The number of halogens is 2. The van der Waals surface area contributed by atoms with Crippen LogP contribution in [0.15, 0.2) is 18.2 Å². The number of benzene rings is 1. The Morgan fingerprint density at radius 1 is 1.32 bits per heavy atom. The van der Waals surface area contributed by atoms with Crippen molar-refractivity contribution in [2.75, 3.05) is 40.4 Å². The first-order chi connectivity index (χ1) is 18.1. The average Bonchev–Trinajstić information content (AvgIpc) is 2.89. The van der Waals surface area contributed by atoms with Crippen molar-refractivity contribution >= 4 is 17.6 Å². The second-order valence-electron chi connectivity index (χ2n) is 11.6. The number of carbonyl (C=O) groups is 1. The third-order valence-electron chi connectivity index (χ3n) is 8.54. The molecule has 3 atom stereocenters. The number of likely N-dealkylation sites (tertiary alicyclic amines) is 1. The highest BCUT2D eigenvalue weighted by molar-refractivity contribution is 6.30. The molecule has 1 aliphatic heterocycles. The van der Waals surface area contributed by atoms with Crippen molar-refractivity contribution in [1.82, 2.24) is 15.5 Å². The number of hydrogen-bond donors (Lipinski definition) is 4. The molecule has 216 valence electrons. The van der Waals surface area contributed by atoms with Crippen molar-refractivity contribution < 1.29 is 24.1 Å². The molecule has 1 heterocycles. The van der Waals surface area contributed by atoms with Gasteiger partial charge in [0.25, 0.3) is 0 Å². The van der Waals surface area contributed by atoms with Gasteiger partial charge in [0.1, 0.15) is 5.82 Å². The van der Waals surface area contributed by atoms with Crippen LogP contribution in [0.5, 0.6) is 0 Å². The minimum absolute atomic E-state index is 0.0117. The second-order valence-corrected chi connectivity index (χ2v) is 12.0. The first-order valence-corrected chi connectivity index (χ1v) is 14.6. The lowest BCUT2D eigenvalue weighted by molar-refractivity contribution is -0.0588. The third kappa shape index (κ3) is 8.28. The first-order valence-electron chi connectivity index (χ1n) is 14.2. The number of unbranched alkanes of at least 4 members (excludes halogenated alkanes) is 1. The lowest BCUT2D eigenvalue weighted by Crippen LogP contribution is -2.54. The molecule has 38 heavy (non-hydrogen) atoms. The summed E-state index contributed by atoms with van der Waals surface area (Å²) in [7, 11) is 3.52. The Hall–Kier alpha value is -1.45. The third-order valence-corrected chi connectivity index (χ3v) is 8.83. The Balaban J connectivity index is 1.70. The Labute approximate surface area is 232 Å². The fraction of sp³-hybridized carbons (Fsp3) is 0.759. The van der Waals surface area contributed by atoms with Crippen LogP contribution >= 0.6 is 11.6 Å². The summed E-state index contributed by atoms with van der Waals surface area (Å²) in [6.45, 7) is 4.07. The van der Waals surface area contributed by atoms with E-state index in [-0.39, 0.29) is 28.6 Å². The zero-order chi connectivity index (χ0) is 27.8. The van der Waals surface area contributed by atoms with Crippen molar-refractivity contribution in [2.45, 2.75) is 88.4 Å². The van der Waals surface area contributed by atoms with Gasteiger partial charge in [0.2, 0.25) is 0 Å². The standard InChI is InChI=1S/C29H47ClFN3O4/c1-28(36)14-11-21(12-15-28)18-23(19-32-2)33-27(35)34-16-7-8-22(20-34)29(37,13-4-5-17-38-3)24-9-6-10-25(30)26(24)31/h6,9-10,21-23,32,36-37H,4-5,7-8,11-20H2,1-3H3,(H,33,35)/t21-,22-,23+,28+,29+/m1/s1. The summed E-state index contributed by atoms with van der Waals surface area (Å²) in [4.78, 5) is 15.2. The minimum Gasteiger partial charge on any atom is -0.390 e. The molecule has 0 spiro atoms. The zero-order valence-electron chi connectivity index (χ0n) is 23.3. The van der Waals surface area contributed by atoms with Crippen LogP contribution in [-0.4, -0.2) is 73.2 Å². The smallest absolute Gasteiger partial charge is 0.317 e. The number of piperidine rings is 1. The van der Waals surface area contributed by atoms with Gasteiger partial charge in [-0.15, -0.1) is 0 Å². The topological polar surface area (TPSA) is 94.1 Å². The number of hydrogen-bond acceptors (Lipinski definition) is 5. The zero-order valence-corrected chi connectivity index (χ0v) is 24.0. The molecular formula is C29H47ClFN3O4. The van der Waals surface area contributed by atoms with Gasteiger partial charge in [0, 0.05) is 50.9 Å². The summed E-state index contributed by atoms with van der Waals surface area (Å²) in [6.07, 6.45) is 7.54. The number of likely N-dealkylation sites (N-methyl/N-ethyl adjacent to an activating group) is 1. The van der Waals surface area contributed by atoms with E-state index in [1.807, 2.05) is 14.0 Å². The number of aliphatic hydroxyl groups is 2. The maximum atomic E-state index is 15.2. The van der Waals surface area contributed by atoms with Crippen LogP contribution in [0, 0.1) is 17.7 Å². The number of methoxy groups -OCH3 is 1. The van der Waals surface area contributed by atoms with Gasteiger partial charge < -0.3 is 30.5 Å². The van der Waals surface area contributed by atoms with Crippen molar-refractivity contribution in [3.8, 4) is 0 Å². The fourth-order valence-electron chi connectivity index (χ4n) is 6.23. The molecule has 0 radical (unpaired) electrons. The molecule has 0 aromatic heterocycles. The average molecular weight is 556 g/mol. The van der Waals surface area contributed by atoms with E-state index in [9.17, 15) is 15.0 Å². The number of rotatable bonds is 12. The second kappa shape index (κ2) is 14.3. The molecule has 1 aromatic carbocycles. The largest absolute Gasteiger partial charge is 0.390 e.